The molecule has 4 rings (SSSR count). The number of para-hydroxylation sites is 1. The quantitative estimate of drug-likeness (QED) is 0.720. The van der Waals surface area contributed by atoms with Crippen molar-refractivity contribution in [3.05, 3.63) is 65.2 Å². The molecule has 2 heterocycles. The van der Waals surface area contributed by atoms with E-state index in [1.807, 2.05) is 37.3 Å². The second-order valence-electron chi connectivity index (χ2n) is 6.40. The number of anilines is 2. The van der Waals surface area contributed by atoms with Gasteiger partial charge in [-0.1, -0.05) is 41.9 Å². The van der Waals surface area contributed by atoms with Crippen LogP contribution in [0.1, 0.15) is 18.0 Å². The number of carbonyl (C=O) groups excluding carboxylic acids is 2. The van der Waals surface area contributed by atoms with E-state index in [-0.39, 0.29) is 18.2 Å². The zero-order chi connectivity index (χ0) is 19.0. The number of hydrogen-bond acceptors (Lipinski definition) is 3. The maximum atomic E-state index is 12.8. The van der Waals surface area contributed by atoms with E-state index >= 15 is 0 Å². The van der Waals surface area contributed by atoms with E-state index in [0.29, 0.717) is 22.2 Å². The van der Waals surface area contributed by atoms with Gasteiger partial charge in [0.1, 0.15) is 11.9 Å². The first-order valence-electron chi connectivity index (χ1n) is 8.54. The summed E-state index contributed by atoms with van der Waals surface area (Å²) in [6, 6.07) is 15.7. The Hall–Kier alpha value is -3.12. The lowest BCUT2D eigenvalue weighted by atomic mass is 10.1. The third kappa shape index (κ3) is 3.31. The lowest BCUT2D eigenvalue weighted by Gasteiger charge is -2.24. The van der Waals surface area contributed by atoms with Crippen LogP contribution in [0.3, 0.4) is 0 Å². The minimum atomic E-state index is -0.714. The lowest BCUT2D eigenvalue weighted by Crippen LogP contribution is -2.35. The van der Waals surface area contributed by atoms with Gasteiger partial charge in [0.25, 0.3) is 0 Å². The van der Waals surface area contributed by atoms with E-state index in [4.69, 9.17) is 11.6 Å². The molecule has 1 aromatic heterocycles. The van der Waals surface area contributed by atoms with Crippen LogP contribution >= 0.6 is 11.6 Å². The molecule has 1 unspecified atom stereocenters. The molecule has 1 atom stereocenters. The zero-order valence-corrected chi connectivity index (χ0v) is 15.3. The fourth-order valence-electron chi connectivity index (χ4n) is 3.17. The number of rotatable bonds is 3. The maximum Gasteiger partial charge on any atom is 0.249 e. The Morgan fingerprint density at radius 3 is 2.59 bits per heavy atom. The summed E-state index contributed by atoms with van der Waals surface area (Å²) in [5.74, 6) is 0.0632. The maximum absolute atomic E-state index is 12.8. The summed E-state index contributed by atoms with van der Waals surface area (Å²) in [6.07, 6.45) is 0.0346. The number of hydrogen-bond donors (Lipinski definition) is 2. The van der Waals surface area contributed by atoms with E-state index in [9.17, 15) is 9.59 Å². The van der Waals surface area contributed by atoms with E-state index < -0.39 is 6.04 Å². The predicted molar refractivity (Wildman–Crippen MR) is 105 cm³/mol. The van der Waals surface area contributed by atoms with Crippen LogP contribution in [0.25, 0.3) is 11.3 Å². The SMILES string of the molecule is Cc1c(-c2ccc(Cl)cc2)nn2c1NC(=O)CC2C(=O)Nc1ccccc1. The minimum absolute atomic E-state index is 0.0346. The molecule has 6 nitrogen and oxygen atoms in total. The van der Waals surface area contributed by atoms with Crippen molar-refractivity contribution < 1.29 is 9.59 Å². The van der Waals surface area contributed by atoms with Crippen LogP contribution in [0.4, 0.5) is 11.5 Å². The number of nitrogens with zero attached hydrogens (tertiary/aromatic N) is 2. The number of carbonyl (C=O) groups is 2. The predicted octanol–water partition coefficient (Wildman–Crippen LogP) is 4.03. The van der Waals surface area contributed by atoms with Gasteiger partial charge in [-0.2, -0.15) is 5.10 Å². The molecule has 2 amide bonds. The first-order chi connectivity index (χ1) is 13.0. The normalized spacial score (nSPS) is 15.8. The molecule has 0 aliphatic carbocycles. The molecular formula is C20H17ClN4O2. The highest BCUT2D eigenvalue weighted by Crippen LogP contribution is 2.34. The van der Waals surface area contributed by atoms with E-state index in [1.54, 1.807) is 28.9 Å². The van der Waals surface area contributed by atoms with Crippen LogP contribution in [-0.2, 0) is 9.59 Å². The number of nitrogens with one attached hydrogen (secondary N) is 2. The monoisotopic (exact) mass is 380 g/mol. The Balaban J connectivity index is 1.71. The van der Waals surface area contributed by atoms with Crippen molar-refractivity contribution >= 4 is 34.9 Å². The Bertz CT molecular complexity index is 1010. The van der Waals surface area contributed by atoms with Crippen molar-refractivity contribution in [3.63, 3.8) is 0 Å². The standard InChI is InChI=1S/C20H17ClN4O2/c1-12-18(13-7-9-14(21)10-8-13)24-25-16(11-17(26)23-19(12)25)20(27)22-15-5-3-2-4-6-15/h2-10,16H,11H2,1H3,(H,22,27)(H,23,26). The number of halogens is 1. The summed E-state index contributed by atoms with van der Waals surface area (Å²) in [4.78, 5) is 25.0. The third-order valence-electron chi connectivity index (χ3n) is 4.54. The fraction of sp³-hybridized carbons (Fsp3) is 0.150. The second-order valence-corrected chi connectivity index (χ2v) is 6.83. The van der Waals surface area contributed by atoms with Crippen LogP contribution in [-0.4, -0.2) is 21.6 Å². The van der Waals surface area contributed by atoms with Crippen LogP contribution in [0, 0.1) is 6.92 Å². The van der Waals surface area contributed by atoms with E-state index in [0.717, 1.165) is 11.1 Å². The Labute approximate surface area is 161 Å². The smallest absolute Gasteiger partial charge is 0.249 e. The van der Waals surface area contributed by atoms with Crippen molar-refractivity contribution in [2.24, 2.45) is 0 Å². The number of fused-ring (bicyclic) bond motifs is 1. The molecule has 27 heavy (non-hydrogen) atoms. The van der Waals surface area contributed by atoms with Gasteiger partial charge in [-0.3, -0.25) is 9.59 Å². The molecule has 7 heteroatoms. The highest BCUT2D eigenvalue weighted by molar-refractivity contribution is 6.30. The van der Waals surface area contributed by atoms with Crippen LogP contribution in [0.2, 0.25) is 5.02 Å². The molecule has 0 bridgehead atoms. The number of benzene rings is 2. The number of aromatic nitrogens is 2. The average molecular weight is 381 g/mol. The fourth-order valence-corrected chi connectivity index (χ4v) is 3.30. The van der Waals surface area contributed by atoms with Gasteiger partial charge in [0.2, 0.25) is 11.8 Å². The molecular weight excluding hydrogens is 364 g/mol. The number of amides is 2. The molecule has 1 aliphatic rings. The summed E-state index contributed by atoms with van der Waals surface area (Å²) in [6.45, 7) is 1.88. The molecule has 2 N–H and O–H groups in total. The molecule has 2 aromatic carbocycles. The van der Waals surface area contributed by atoms with Gasteiger partial charge in [-0.15, -0.1) is 0 Å². The van der Waals surface area contributed by atoms with Crippen LogP contribution in [0.15, 0.2) is 54.6 Å². The van der Waals surface area contributed by atoms with E-state index in [1.165, 1.54) is 0 Å². The summed E-state index contributed by atoms with van der Waals surface area (Å²) in [5.41, 5.74) is 3.07. The van der Waals surface area contributed by atoms with Crippen molar-refractivity contribution in [2.45, 2.75) is 19.4 Å². The van der Waals surface area contributed by atoms with Gasteiger partial charge in [0, 0.05) is 21.8 Å². The highest BCUT2D eigenvalue weighted by Gasteiger charge is 2.34. The summed E-state index contributed by atoms with van der Waals surface area (Å²) in [5, 5.41) is 10.9. The largest absolute Gasteiger partial charge is 0.324 e. The van der Waals surface area contributed by atoms with Crippen molar-refractivity contribution in [1.29, 1.82) is 0 Å². The molecule has 0 saturated heterocycles. The first kappa shape index (κ1) is 17.3. The van der Waals surface area contributed by atoms with Crippen LogP contribution < -0.4 is 10.6 Å². The van der Waals surface area contributed by atoms with Gasteiger partial charge >= 0.3 is 0 Å². The van der Waals surface area contributed by atoms with Crippen molar-refractivity contribution in [2.75, 3.05) is 10.6 Å². The lowest BCUT2D eigenvalue weighted by molar-refractivity contribution is -0.125. The van der Waals surface area contributed by atoms with Gasteiger partial charge in [0.15, 0.2) is 0 Å². The summed E-state index contributed by atoms with van der Waals surface area (Å²) < 4.78 is 1.60. The van der Waals surface area contributed by atoms with E-state index in [2.05, 4.69) is 15.7 Å². The van der Waals surface area contributed by atoms with Gasteiger partial charge in [-0.05, 0) is 31.2 Å². The van der Waals surface area contributed by atoms with Crippen molar-refractivity contribution in [3.8, 4) is 11.3 Å². The Kier molecular flexibility index (Phi) is 4.41. The molecule has 136 valence electrons. The highest BCUT2D eigenvalue weighted by atomic mass is 35.5. The van der Waals surface area contributed by atoms with Crippen LogP contribution in [0.5, 0.6) is 0 Å². The third-order valence-corrected chi connectivity index (χ3v) is 4.79. The topological polar surface area (TPSA) is 76.0 Å². The Morgan fingerprint density at radius 1 is 1.19 bits per heavy atom. The average Bonchev–Trinajstić information content (AvgIpc) is 2.99. The van der Waals surface area contributed by atoms with Gasteiger partial charge in [0.05, 0.1) is 12.1 Å². The van der Waals surface area contributed by atoms with Crippen molar-refractivity contribution in [1.82, 2.24) is 9.78 Å². The molecule has 0 spiro atoms. The summed E-state index contributed by atoms with van der Waals surface area (Å²) in [7, 11) is 0. The summed E-state index contributed by atoms with van der Waals surface area (Å²) >= 11 is 5.97. The second kappa shape index (κ2) is 6.89. The molecule has 1 aliphatic heterocycles. The van der Waals surface area contributed by atoms with Gasteiger partial charge < -0.3 is 10.6 Å². The minimum Gasteiger partial charge on any atom is -0.324 e. The molecule has 0 fully saturated rings. The Morgan fingerprint density at radius 2 is 1.89 bits per heavy atom. The first-order valence-corrected chi connectivity index (χ1v) is 8.91. The molecule has 0 saturated carbocycles. The molecule has 0 radical (unpaired) electrons. The van der Waals surface area contributed by atoms with Gasteiger partial charge in [-0.25, -0.2) is 4.68 Å². The zero-order valence-electron chi connectivity index (χ0n) is 14.6. The molecule has 3 aromatic rings.